The van der Waals surface area contributed by atoms with E-state index in [2.05, 4.69) is 24.1 Å². The van der Waals surface area contributed by atoms with Gasteiger partial charge in [0.25, 0.3) is 0 Å². The van der Waals surface area contributed by atoms with Gasteiger partial charge in [0.05, 0.1) is 13.2 Å². The van der Waals surface area contributed by atoms with E-state index in [1.807, 2.05) is 0 Å². The van der Waals surface area contributed by atoms with Crippen LogP contribution in [0.4, 0.5) is 0 Å². The minimum atomic E-state index is 0.590. The molecule has 0 saturated heterocycles. The minimum Gasteiger partial charge on any atom is -0.383 e. The third-order valence-electron chi connectivity index (χ3n) is 3.11. The Morgan fingerprint density at radius 1 is 1.00 bits per heavy atom. The van der Waals surface area contributed by atoms with E-state index < -0.39 is 0 Å². The second-order valence-corrected chi connectivity index (χ2v) is 4.67. The molecular formula is C14H32N2O2. The monoisotopic (exact) mass is 260 g/mol. The molecule has 0 saturated carbocycles. The van der Waals surface area contributed by atoms with Crippen LogP contribution in [0.1, 0.15) is 33.1 Å². The molecule has 1 unspecified atom stereocenters. The van der Waals surface area contributed by atoms with Crippen molar-refractivity contribution in [2.24, 2.45) is 0 Å². The van der Waals surface area contributed by atoms with E-state index in [9.17, 15) is 0 Å². The summed E-state index contributed by atoms with van der Waals surface area (Å²) >= 11 is 0. The zero-order valence-electron chi connectivity index (χ0n) is 12.7. The topological polar surface area (TPSA) is 33.7 Å². The minimum absolute atomic E-state index is 0.590. The molecule has 0 aromatic heterocycles. The number of hydrogen-bond acceptors (Lipinski definition) is 4. The highest BCUT2D eigenvalue weighted by Crippen LogP contribution is 2.06. The maximum absolute atomic E-state index is 5.20. The molecule has 0 bridgehead atoms. The van der Waals surface area contributed by atoms with Crippen LogP contribution in [-0.2, 0) is 9.47 Å². The van der Waals surface area contributed by atoms with Gasteiger partial charge in [0.15, 0.2) is 0 Å². The summed E-state index contributed by atoms with van der Waals surface area (Å²) in [5.74, 6) is 0. The second-order valence-electron chi connectivity index (χ2n) is 4.67. The molecule has 4 nitrogen and oxygen atoms in total. The first-order valence-corrected chi connectivity index (χ1v) is 7.22. The van der Waals surface area contributed by atoms with Crippen molar-refractivity contribution in [1.82, 2.24) is 10.2 Å². The van der Waals surface area contributed by atoms with E-state index in [-0.39, 0.29) is 0 Å². The standard InChI is InChI=1S/C14H32N2O2/c1-5-7-14(13-15-8-6-2)16(9-11-17-3)10-12-18-4/h14-15H,5-13H2,1-4H3. The molecule has 0 fully saturated rings. The summed E-state index contributed by atoms with van der Waals surface area (Å²) in [6, 6.07) is 0.590. The Bertz CT molecular complexity index is 160. The molecule has 0 aliphatic heterocycles. The molecule has 1 N–H and O–H groups in total. The van der Waals surface area contributed by atoms with Gasteiger partial charge in [-0.1, -0.05) is 20.3 Å². The van der Waals surface area contributed by atoms with Crippen LogP contribution in [0.15, 0.2) is 0 Å². The second kappa shape index (κ2) is 13.3. The van der Waals surface area contributed by atoms with Gasteiger partial charge in [-0.25, -0.2) is 0 Å². The van der Waals surface area contributed by atoms with Gasteiger partial charge in [0.2, 0.25) is 0 Å². The van der Waals surface area contributed by atoms with E-state index in [4.69, 9.17) is 9.47 Å². The van der Waals surface area contributed by atoms with E-state index >= 15 is 0 Å². The summed E-state index contributed by atoms with van der Waals surface area (Å²) in [6.45, 7) is 10.2. The molecule has 0 amide bonds. The summed E-state index contributed by atoms with van der Waals surface area (Å²) in [4.78, 5) is 2.49. The molecule has 0 spiro atoms. The maximum atomic E-state index is 5.20. The summed E-state index contributed by atoms with van der Waals surface area (Å²) in [7, 11) is 3.53. The van der Waals surface area contributed by atoms with Crippen LogP contribution in [0.3, 0.4) is 0 Å². The molecule has 1 atom stereocenters. The van der Waals surface area contributed by atoms with Gasteiger partial charge >= 0.3 is 0 Å². The van der Waals surface area contributed by atoms with Crippen molar-refractivity contribution in [2.45, 2.75) is 39.2 Å². The van der Waals surface area contributed by atoms with Crippen molar-refractivity contribution in [1.29, 1.82) is 0 Å². The normalized spacial score (nSPS) is 13.2. The molecule has 0 aromatic rings. The lowest BCUT2D eigenvalue weighted by Crippen LogP contribution is -2.45. The number of hydrogen-bond donors (Lipinski definition) is 1. The molecule has 0 aliphatic rings. The number of nitrogens with zero attached hydrogens (tertiary/aromatic N) is 1. The predicted octanol–water partition coefficient (Wildman–Crippen LogP) is 1.75. The van der Waals surface area contributed by atoms with Gasteiger partial charge in [-0.3, -0.25) is 4.90 Å². The Balaban J connectivity index is 4.21. The van der Waals surface area contributed by atoms with Gasteiger partial charge in [0, 0.05) is 39.9 Å². The van der Waals surface area contributed by atoms with E-state index in [1.54, 1.807) is 14.2 Å². The number of methoxy groups -OCH3 is 2. The van der Waals surface area contributed by atoms with Crippen molar-refractivity contribution in [3.8, 4) is 0 Å². The summed E-state index contributed by atoms with van der Waals surface area (Å²) in [5.41, 5.74) is 0. The van der Waals surface area contributed by atoms with Crippen LogP contribution in [0, 0.1) is 0 Å². The third-order valence-corrected chi connectivity index (χ3v) is 3.11. The maximum Gasteiger partial charge on any atom is 0.0589 e. The largest absolute Gasteiger partial charge is 0.383 e. The van der Waals surface area contributed by atoms with Crippen LogP contribution in [0.2, 0.25) is 0 Å². The Morgan fingerprint density at radius 3 is 2.06 bits per heavy atom. The Hall–Kier alpha value is -0.160. The van der Waals surface area contributed by atoms with Crippen molar-refractivity contribution in [3.05, 3.63) is 0 Å². The Morgan fingerprint density at radius 2 is 1.61 bits per heavy atom. The zero-order chi connectivity index (χ0) is 13.6. The van der Waals surface area contributed by atoms with Gasteiger partial charge in [-0.15, -0.1) is 0 Å². The molecule has 18 heavy (non-hydrogen) atoms. The van der Waals surface area contributed by atoms with Crippen molar-refractivity contribution in [2.75, 3.05) is 53.6 Å². The van der Waals surface area contributed by atoms with E-state index in [0.29, 0.717) is 6.04 Å². The van der Waals surface area contributed by atoms with Crippen LogP contribution >= 0.6 is 0 Å². The fourth-order valence-corrected chi connectivity index (χ4v) is 2.09. The lowest BCUT2D eigenvalue weighted by atomic mass is 10.1. The highest BCUT2D eigenvalue weighted by molar-refractivity contribution is 4.74. The van der Waals surface area contributed by atoms with Gasteiger partial charge < -0.3 is 14.8 Å². The SMILES string of the molecule is CCCNCC(CCC)N(CCOC)CCOC. The summed E-state index contributed by atoms with van der Waals surface area (Å²) in [6.07, 6.45) is 3.63. The molecule has 0 aliphatic carbocycles. The van der Waals surface area contributed by atoms with Crippen LogP contribution in [0.5, 0.6) is 0 Å². The first-order valence-electron chi connectivity index (χ1n) is 7.22. The number of rotatable bonds is 13. The number of ether oxygens (including phenoxy) is 2. The highest BCUT2D eigenvalue weighted by atomic mass is 16.5. The van der Waals surface area contributed by atoms with Crippen LogP contribution in [-0.4, -0.2) is 64.6 Å². The van der Waals surface area contributed by atoms with Crippen LogP contribution in [0.25, 0.3) is 0 Å². The van der Waals surface area contributed by atoms with Crippen LogP contribution < -0.4 is 5.32 Å². The average molecular weight is 260 g/mol. The fraction of sp³-hybridized carbons (Fsp3) is 1.00. The molecule has 110 valence electrons. The summed E-state index contributed by atoms with van der Waals surface area (Å²) in [5, 5.41) is 3.53. The Labute approximate surface area is 113 Å². The molecule has 0 aromatic carbocycles. The van der Waals surface area contributed by atoms with Gasteiger partial charge in [0.1, 0.15) is 0 Å². The zero-order valence-corrected chi connectivity index (χ0v) is 12.7. The lowest BCUT2D eigenvalue weighted by Gasteiger charge is -2.31. The van der Waals surface area contributed by atoms with Crippen molar-refractivity contribution < 1.29 is 9.47 Å². The smallest absolute Gasteiger partial charge is 0.0589 e. The van der Waals surface area contributed by atoms with E-state index in [0.717, 1.165) is 39.4 Å². The fourth-order valence-electron chi connectivity index (χ4n) is 2.09. The quantitative estimate of drug-likeness (QED) is 0.512. The van der Waals surface area contributed by atoms with Gasteiger partial charge in [-0.2, -0.15) is 0 Å². The number of nitrogens with one attached hydrogen (secondary N) is 1. The highest BCUT2D eigenvalue weighted by Gasteiger charge is 2.16. The van der Waals surface area contributed by atoms with E-state index in [1.165, 1.54) is 19.3 Å². The first-order chi connectivity index (χ1) is 8.79. The molecule has 0 radical (unpaired) electrons. The summed E-state index contributed by atoms with van der Waals surface area (Å²) < 4.78 is 10.4. The molecule has 0 rings (SSSR count). The molecular weight excluding hydrogens is 228 g/mol. The first kappa shape index (κ1) is 17.8. The lowest BCUT2D eigenvalue weighted by molar-refractivity contribution is 0.0835. The Kier molecular flexibility index (Phi) is 13.2. The van der Waals surface area contributed by atoms with Gasteiger partial charge in [-0.05, 0) is 19.4 Å². The average Bonchev–Trinajstić information content (AvgIpc) is 2.38. The van der Waals surface area contributed by atoms with Crippen molar-refractivity contribution >= 4 is 0 Å². The third kappa shape index (κ3) is 8.86. The predicted molar refractivity (Wildman–Crippen MR) is 77.2 cm³/mol. The molecule has 4 heteroatoms. The van der Waals surface area contributed by atoms with Crippen molar-refractivity contribution in [3.63, 3.8) is 0 Å². The molecule has 0 heterocycles.